The van der Waals surface area contributed by atoms with Gasteiger partial charge in [-0.3, -0.25) is 19.4 Å². The summed E-state index contributed by atoms with van der Waals surface area (Å²) in [6, 6.07) is 16.2. The van der Waals surface area contributed by atoms with E-state index in [0.29, 0.717) is 25.3 Å². The smallest absolute Gasteiger partial charge is 0.243 e. The Bertz CT molecular complexity index is 917. The first-order chi connectivity index (χ1) is 15.0. The van der Waals surface area contributed by atoms with Crippen molar-refractivity contribution in [3.63, 3.8) is 0 Å². The molecule has 0 radical (unpaired) electrons. The normalized spacial score (nSPS) is 19.3. The summed E-state index contributed by atoms with van der Waals surface area (Å²) in [5.41, 5.74) is 4.62. The Morgan fingerprint density at radius 1 is 1.03 bits per heavy atom. The van der Waals surface area contributed by atoms with Crippen molar-refractivity contribution in [1.82, 2.24) is 10.2 Å². The average Bonchev–Trinajstić information content (AvgIpc) is 3.19. The van der Waals surface area contributed by atoms with Crippen LogP contribution in [0.3, 0.4) is 0 Å². The number of benzene rings is 2. The van der Waals surface area contributed by atoms with Crippen LogP contribution in [0.2, 0.25) is 0 Å². The molecule has 1 atom stereocenters. The van der Waals surface area contributed by atoms with Crippen molar-refractivity contribution in [2.45, 2.75) is 52.1 Å². The van der Waals surface area contributed by atoms with Gasteiger partial charge in [-0.05, 0) is 56.0 Å². The maximum atomic E-state index is 13.0. The molecule has 1 saturated heterocycles. The minimum Gasteiger partial charge on any atom is -0.354 e. The number of aryl methyl sites for hydroxylation is 1. The molecular formula is C26H33N3O2. The van der Waals surface area contributed by atoms with E-state index in [1.54, 1.807) is 4.90 Å². The monoisotopic (exact) mass is 419 g/mol. The van der Waals surface area contributed by atoms with E-state index in [2.05, 4.69) is 41.4 Å². The average molecular weight is 420 g/mol. The van der Waals surface area contributed by atoms with Gasteiger partial charge in [0.1, 0.15) is 6.04 Å². The molecule has 4 rings (SSSR count). The molecule has 0 saturated carbocycles. The summed E-state index contributed by atoms with van der Waals surface area (Å²) in [4.78, 5) is 29.7. The molecular weight excluding hydrogens is 386 g/mol. The van der Waals surface area contributed by atoms with Gasteiger partial charge in [0.05, 0.1) is 0 Å². The van der Waals surface area contributed by atoms with Gasteiger partial charge in [-0.25, -0.2) is 0 Å². The second-order valence-electron chi connectivity index (χ2n) is 8.92. The standard InChI is InChI=1S/C26H33N3O2/c1-3-25(30)29-23-7-5-4-6-22(23)16-24(29)26(31)27-17-20-12-14-28(15-13-20)18-21-10-8-19(2)9-11-21/h4-11,20,24H,3,12-18H2,1-2H3,(H,27,31). The quantitative estimate of drug-likeness (QED) is 0.777. The zero-order valence-corrected chi connectivity index (χ0v) is 18.6. The SMILES string of the molecule is CCC(=O)N1c2ccccc2CC1C(=O)NCC1CCN(Cc2ccc(C)cc2)CC1. The topological polar surface area (TPSA) is 52.7 Å². The number of fused-ring (bicyclic) bond motifs is 1. The van der Waals surface area contributed by atoms with Crippen LogP contribution < -0.4 is 10.2 Å². The molecule has 2 aromatic rings. The third-order valence-corrected chi connectivity index (χ3v) is 6.65. The summed E-state index contributed by atoms with van der Waals surface area (Å²) in [5, 5.41) is 3.16. The minimum absolute atomic E-state index is 0.00881. The summed E-state index contributed by atoms with van der Waals surface area (Å²) >= 11 is 0. The number of piperidine rings is 1. The number of amides is 2. The Kier molecular flexibility index (Phi) is 6.71. The highest BCUT2D eigenvalue weighted by Gasteiger charge is 2.37. The van der Waals surface area contributed by atoms with Gasteiger partial charge in [0, 0.05) is 31.6 Å². The molecule has 31 heavy (non-hydrogen) atoms. The van der Waals surface area contributed by atoms with Crippen molar-refractivity contribution in [3.05, 3.63) is 65.2 Å². The molecule has 1 fully saturated rings. The summed E-state index contributed by atoms with van der Waals surface area (Å²) in [7, 11) is 0. The lowest BCUT2D eigenvalue weighted by atomic mass is 9.96. The van der Waals surface area contributed by atoms with Crippen LogP contribution in [-0.2, 0) is 22.6 Å². The first kappa shape index (κ1) is 21.6. The molecule has 0 spiro atoms. The number of carbonyl (C=O) groups is 2. The Hall–Kier alpha value is -2.66. The zero-order chi connectivity index (χ0) is 21.8. The highest BCUT2D eigenvalue weighted by Crippen LogP contribution is 2.32. The van der Waals surface area contributed by atoms with Crippen LogP contribution in [0.1, 0.15) is 42.9 Å². The maximum Gasteiger partial charge on any atom is 0.243 e. The predicted octanol–water partition coefficient (Wildman–Crippen LogP) is 3.69. The van der Waals surface area contributed by atoms with Gasteiger partial charge in [-0.1, -0.05) is 55.0 Å². The fourth-order valence-electron chi connectivity index (χ4n) is 4.74. The minimum atomic E-state index is -0.425. The Labute approximate surface area is 185 Å². The van der Waals surface area contributed by atoms with Gasteiger partial charge in [-0.2, -0.15) is 0 Å². The highest BCUT2D eigenvalue weighted by molar-refractivity contribution is 6.03. The van der Waals surface area contributed by atoms with Gasteiger partial charge >= 0.3 is 0 Å². The highest BCUT2D eigenvalue weighted by atomic mass is 16.2. The van der Waals surface area contributed by atoms with Crippen LogP contribution in [-0.4, -0.2) is 42.4 Å². The molecule has 1 N–H and O–H groups in total. The van der Waals surface area contributed by atoms with Crippen LogP contribution in [0.4, 0.5) is 5.69 Å². The third-order valence-electron chi connectivity index (χ3n) is 6.65. The van der Waals surface area contributed by atoms with E-state index in [1.807, 2.05) is 31.2 Å². The molecule has 2 amide bonds. The lowest BCUT2D eigenvalue weighted by Gasteiger charge is -2.32. The van der Waals surface area contributed by atoms with E-state index in [9.17, 15) is 9.59 Å². The third kappa shape index (κ3) is 4.99. The molecule has 2 heterocycles. The van der Waals surface area contributed by atoms with E-state index >= 15 is 0 Å². The number of rotatable bonds is 6. The number of nitrogens with zero attached hydrogens (tertiary/aromatic N) is 2. The molecule has 5 nitrogen and oxygen atoms in total. The van der Waals surface area contributed by atoms with Gasteiger partial charge in [0.2, 0.25) is 11.8 Å². The summed E-state index contributed by atoms with van der Waals surface area (Å²) in [5.74, 6) is 0.479. The van der Waals surface area contributed by atoms with Crippen LogP contribution in [0, 0.1) is 12.8 Å². The number of hydrogen-bond acceptors (Lipinski definition) is 3. The second kappa shape index (κ2) is 9.65. The van der Waals surface area contributed by atoms with Crippen LogP contribution in [0.15, 0.2) is 48.5 Å². The molecule has 1 unspecified atom stereocenters. The first-order valence-corrected chi connectivity index (χ1v) is 11.5. The van der Waals surface area contributed by atoms with Gasteiger partial charge in [0.25, 0.3) is 0 Å². The second-order valence-corrected chi connectivity index (χ2v) is 8.92. The number of likely N-dealkylation sites (tertiary alicyclic amines) is 1. The van der Waals surface area contributed by atoms with Crippen molar-refractivity contribution < 1.29 is 9.59 Å². The molecule has 164 valence electrons. The fourth-order valence-corrected chi connectivity index (χ4v) is 4.74. The van der Waals surface area contributed by atoms with Crippen molar-refractivity contribution in [2.75, 3.05) is 24.5 Å². The van der Waals surface area contributed by atoms with E-state index in [-0.39, 0.29) is 11.8 Å². The number of hydrogen-bond donors (Lipinski definition) is 1. The molecule has 0 aromatic heterocycles. The van der Waals surface area contributed by atoms with Crippen molar-refractivity contribution in [1.29, 1.82) is 0 Å². The largest absolute Gasteiger partial charge is 0.354 e. The molecule has 2 aliphatic rings. The number of anilines is 1. The van der Waals surface area contributed by atoms with Crippen molar-refractivity contribution >= 4 is 17.5 Å². The van der Waals surface area contributed by atoms with Crippen LogP contribution in [0.5, 0.6) is 0 Å². The number of nitrogens with one attached hydrogen (secondary N) is 1. The van der Waals surface area contributed by atoms with Gasteiger partial charge in [-0.15, -0.1) is 0 Å². The molecule has 0 aliphatic carbocycles. The first-order valence-electron chi connectivity index (χ1n) is 11.5. The lowest BCUT2D eigenvalue weighted by Crippen LogP contribution is -2.49. The molecule has 0 bridgehead atoms. The van der Waals surface area contributed by atoms with Crippen molar-refractivity contribution in [3.8, 4) is 0 Å². The van der Waals surface area contributed by atoms with E-state index < -0.39 is 6.04 Å². The molecule has 2 aromatic carbocycles. The van der Waals surface area contributed by atoms with Gasteiger partial charge in [0.15, 0.2) is 0 Å². The fraction of sp³-hybridized carbons (Fsp3) is 0.462. The Morgan fingerprint density at radius 2 is 1.74 bits per heavy atom. The lowest BCUT2D eigenvalue weighted by molar-refractivity contribution is -0.126. The summed E-state index contributed by atoms with van der Waals surface area (Å²) < 4.78 is 0. The summed E-state index contributed by atoms with van der Waals surface area (Å²) in [6.45, 7) is 7.77. The van der Waals surface area contributed by atoms with Crippen molar-refractivity contribution in [2.24, 2.45) is 5.92 Å². The van der Waals surface area contributed by atoms with Gasteiger partial charge < -0.3 is 5.32 Å². The molecule has 5 heteroatoms. The van der Waals surface area contributed by atoms with E-state index in [0.717, 1.165) is 43.7 Å². The number of para-hydroxylation sites is 1. The van der Waals surface area contributed by atoms with E-state index in [4.69, 9.17) is 0 Å². The zero-order valence-electron chi connectivity index (χ0n) is 18.6. The van der Waals surface area contributed by atoms with E-state index in [1.165, 1.54) is 11.1 Å². The number of carbonyl (C=O) groups excluding carboxylic acids is 2. The Balaban J connectivity index is 1.27. The maximum absolute atomic E-state index is 13.0. The summed E-state index contributed by atoms with van der Waals surface area (Å²) in [6.07, 6.45) is 3.18. The Morgan fingerprint density at radius 3 is 2.45 bits per heavy atom. The predicted molar refractivity (Wildman–Crippen MR) is 124 cm³/mol. The van der Waals surface area contributed by atoms with Crippen LogP contribution in [0.25, 0.3) is 0 Å². The molecule has 2 aliphatic heterocycles. The van der Waals surface area contributed by atoms with Crippen LogP contribution >= 0.6 is 0 Å².